The molecule has 1 aliphatic carbocycles. The minimum atomic E-state index is -0.585. The van der Waals surface area contributed by atoms with E-state index in [4.69, 9.17) is 16.9 Å². The van der Waals surface area contributed by atoms with E-state index in [1.165, 1.54) is 6.42 Å². The first-order chi connectivity index (χ1) is 20.5. The Morgan fingerprint density at radius 1 is 0.976 bits per heavy atom. The number of amides is 3. The Bertz CT molecular complexity index is 1380. The van der Waals surface area contributed by atoms with Gasteiger partial charge in [0.2, 0.25) is 5.91 Å². The van der Waals surface area contributed by atoms with E-state index in [1.807, 2.05) is 59.3 Å². The largest absolute Gasteiger partial charge is 0.354 e. The third kappa shape index (κ3) is 7.90. The molecular formula is C32H38ClN7O2. The van der Waals surface area contributed by atoms with Crippen LogP contribution in [-0.4, -0.2) is 69.6 Å². The van der Waals surface area contributed by atoms with Crippen LogP contribution in [0.5, 0.6) is 0 Å². The van der Waals surface area contributed by atoms with Crippen LogP contribution in [0.25, 0.3) is 0 Å². The van der Waals surface area contributed by atoms with E-state index >= 15 is 0 Å². The molecule has 0 unspecified atom stereocenters. The fourth-order valence-electron chi connectivity index (χ4n) is 5.81. The summed E-state index contributed by atoms with van der Waals surface area (Å²) >= 11 is 6.07. The van der Waals surface area contributed by atoms with Crippen molar-refractivity contribution >= 4 is 23.5 Å². The molecule has 42 heavy (non-hydrogen) atoms. The molecule has 1 atom stereocenters. The Hall–Kier alpha value is -3.87. The predicted molar refractivity (Wildman–Crippen MR) is 162 cm³/mol. The number of hydrogen-bond acceptors (Lipinski definition) is 5. The minimum absolute atomic E-state index is 0.145. The van der Waals surface area contributed by atoms with Gasteiger partial charge in [0.25, 0.3) is 0 Å². The lowest BCUT2D eigenvalue weighted by molar-refractivity contribution is -0.127. The number of urea groups is 1. The Morgan fingerprint density at radius 3 is 2.43 bits per heavy atom. The molecule has 1 aliphatic heterocycles. The SMILES string of the molecule is N#Cc1ccc(Cn2cncc2CCNC(=O)[C@H]2CN(Cc3ccc(Cl)cc3)CCN2C(=O)NC2CCCCC2)cc1. The lowest BCUT2D eigenvalue weighted by atomic mass is 9.95. The number of nitriles is 1. The summed E-state index contributed by atoms with van der Waals surface area (Å²) in [5, 5.41) is 16.0. The van der Waals surface area contributed by atoms with Crippen molar-refractivity contribution < 1.29 is 9.59 Å². The summed E-state index contributed by atoms with van der Waals surface area (Å²) < 4.78 is 2.05. The number of nitrogens with one attached hydrogen (secondary N) is 2. The average molecular weight is 588 g/mol. The maximum Gasteiger partial charge on any atom is 0.318 e. The second-order valence-corrected chi connectivity index (χ2v) is 11.7. The van der Waals surface area contributed by atoms with Gasteiger partial charge in [-0.15, -0.1) is 0 Å². The Balaban J connectivity index is 1.21. The second-order valence-electron chi connectivity index (χ2n) is 11.2. The van der Waals surface area contributed by atoms with Gasteiger partial charge < -0.3 is 20.1 Å². The van der Waals surface area contributed by atoms with Gasteiger partial charge in [0.05, 0.1) is 18.0 Å². The standard InChI is InChI=1S/C32H38ClN7O2/c33-27-12-10-25(11-13-27)20-38-16-17-40(32(42)37-28-4-2-1-3-5-28)30(22-38)31(41)36-15-14-29-19-35-23-39(29)21-26-8-6-24(18-34)7-9-26/h6-13,19,23,28,30H,1-5,14-17,20-22H2,(H,36,41)(H,37,42)/t30-/m1/s1. The number of imidazole rings is 1. The summed E-state index contributed by atoms with van der Waals surface area (Å²) in [7, 11) is 0. The molecule has 0 bridgehead atoms. The highest BCUT2D eigenvalue weighted by molar-refractivity contribution is 6.30. The molecule has 2 aliphatic rings. The van der Waals surface area contributed by atoms with Gasteiger partial charge in [-0.3, -0.25) is 9.69 Å². The Kier molecular flexibility index (Phi) is 10.1. The van der Waals surface area contributed by atoms with Crippen LogP contribution in [0.4, 0.5) is 4.79 Å². The topological polar surface area (TPSA) is 106 Å². The lowest BCUT2D eigenvalue weighted by Crippen LogP contribution is -2.63. The number of aromatic nitrogens is 2. The molecule has 10 heteroatoms. The van der Waals surface area contributed by atoms with Gasteiger partial charge in [-0.1, -0.05) is 55.1 Å². The zero-order chi connectivity index (χ0) is 29.3. The molecule has 3 amide bonds. The maximum absolute atomic E-state index is 13.6. The van der Waals surface area contributed by atoms with E-state index in [-0.39, 0.29) is 18.0 Å². The molecule has 0 radical (unpaired) electrons. The van der Waals surface area contributed by atoms with E-state index in [0.29, 0.717) is 56.3 Å². The fraction of sp³-hybridized carbons (Fsp3) is 0.438. The van der Waals surface area contributed by atoms with Crippen molar-refractivity contribution in [1.82, 2.24) is 30.0 Å². The van der Waals surface area contributed by atoms with Gasteiger partial charge in [0.1, 0.15) is 6.04 Å². The van der Waals surface area contributed by atoms with Crippen molar-refractivity contribution in [3.05, 3.63) is 88.5 Å². The molecule has 9 nitrogen and oxygen atoms in total. The number of benzene rings is 2. The number of nitrogens with zero attached hydrogens (tertiary/aromatic N) is 5. The molecule has 1 saturated heterocycles. The lowest BCUT2D eigenvalue weighted by Gasteiger charge is -2.41. The zero-order valence-electron chi connectivity index (χ0n) is 23.8. The van der Waals surface area contributed by atoms with Crippen molar-refractivity contribution in [3.63, 3.8) is 0 Å². The number of carbonyl (C=O) groups is 2. The average Bonchev–Trinajstić information content (AvgIpc) is 3.45. The van der Waals surface area contributed by atoms with Crippen LogP contribution in [0.1, 0.15) is 54.5 Å². The van der Waals surface area contributed by atoms with E-state index in [9.17, 15) is 9.59 Å². The molecule has 0 spiro atoms. The summed E-state index contributed by atoms with van der Waals surface area (Å²) in [5.74, 6) is -0.146. The van der Waals surface area contributed by atoms with Crippen LogP contribution in [0.2, 0.25) is 5.02 Å². The number of hydrogen-bond donors (Lipinski definition) is 2. The smallest absolute Gasteiger partial charge is 0.318 e. The second kappa shape index (κ2) is 14.3. The maximum atomic E-state index is 13.6. The van der Waals surface area contributed by atoms with Gasteiger partial charge in [-0.2, -0.15) is 5.26 Å². The molecule has 1 aromatic heterocycles. The molecule has 3 aromatic rings. The normalized spacial score (nSPS) is 17.9. The van der Waals surface area contributed by atoms with Crippen molar-refractivity contribution in [2.75, 3.05) is 26.2 Å². The number of piperazine rings is 1. The number of carbonyl (C=O) groups excluding carboxylic acids is 2. The van der Waals surface area contributed by atoms with E-state index in [0.717, 1.165) is 42.5 Å². The third-order valence-corrected chi connectivity index (χ3v) is 8.45. The van der Waals surface area contributed by atoms with Crippen LogP contribution in [-0.2, 0) is 24.3 Å². The summed E-state index contributed by atoms with van der Waals surface area (Å²) in [4.78, 5) is 35.2. The molecule has 2 heterocycles. The monoisotopic (exact) mass is 587 g/mol. The first kappa shape index (κ1) is 29.6. The molecule has 2 fully saturated rings. The van der Waals surface area contributed by atoms with Crippen molar-refractivity contribution in [2.45, 2.75) is 63.7 Å². The van der Waals surface area contributed by atoms with Crippen LogP contribution in [0, 0.1) is 11.3 Å². The molecule has 5 rings (SSSR count). The highest BCUT2D eigenvalue weighted by Crippen LogP contribution is 2.20. The predicted octanol–water partition coefficient (Wildman–Crippen LogP) is 4.34. The molecule has 2 N–H and O–H groups in total. The summed E-state index contributed by atoms with van der Waals surface area (Å²) in [6.45, 7) is 3.40. The van der Waals surface area contributed by atoms with Gasteiger partial charge in [0.15, 0.2) is 0 Å². The molecule has 220 valence electrons. The highest BCUT2D eigenvalue weighted by atomic mass is 35.5. The minimum Gasteiger partial charge on any atom is -0.354 e. The molecular weight excluding hydrogens is 550 g/mol. The summed E-state index contributed by atoms with van der Waals surface area (Å²) in [6.07, 6.45) is 9.67. The van der Waals surface area contributed by atoms with Crippen LogP contribution in [0.3, 0.4) is 0 Å². The first-order valence-electron chi connectivity index (χ1n) is 14.8. The van der Waals surface area contributed by atoms with Crippen LogP contribution >= 0.6 is 11.6 Å². The van der Waals surface area contributed by atoms with Gasteiger partial charge in [-0.05, 0) is 48.2 Å². The van der Waals surface area contributed by atoms with Gasteiger partial charge in [0, 0.05) is 68.6 Å². The number of halogens is 1. The molecule has 1 saturated carbocycles. The first-order valence-corrected chi connectivity index (χ1v) is 15.2. The zero-order valence-corrected chi connectivity index (χ0v) is 24.6. The van der Waals surface area contributed by atoms with Crippen molar-refractivity contribution in [2.24, 2.45) is 0 Å². The summed E-state index contributed by atoms with van der Waals surface area (Å²) in [6, 6.07) is 16.8. The Labute approximate surface area is 252 Å². The third-order valence-electron chi connectivity index (χ3n) is 8.20. The summed E-state index contributed by atoms with van der Waals surface area (Å²) in [5.41, 5.74) is 3.82. The highest BCUT2D eigenvalue weighted by Gasteiger charge is 2.36. The quantitative estimate of drug-likeness (QED) is 0.387. The van der Waals surface area contributed by atoms with Crippen molar-refractivity contribution in [1.29, 1.82) is 5.26 Å². The van der Waals surface area contributed by atoms with E-state index in [1.54, 1.807) is 11.2 Å². The van der Waals surface area contributed by atoms with Crippen LogP contribution in [0.15, 0.2) is 61.1 Å². The van der Waals surface area contributed by atoms with Gasteiger partial charge >= 0.3 is 6.03 Å². The fourth-order valence-corrected chi connectivity index (χ4v) is 5.94. The van der Waals surface area contributed by atoms with E-state index < -0.39 is 6.04 Å². The number of rotatable bonds is 9. The molecule has 2 aromatic carbocycles. The van der Waals surface area contributed by atoms with E-state index in [2.05, 4.69) is 26.6 Å². The van der Waals surface area contributed by atoms with Crippen LogP contribution < -0.4 is 10.6 Å². The van der Waals surface area contributed by atoms with Gasteiger partial charge in [-0.25, -0.2) is 9.78 Å². The Morgan fingerprint density at radius 2 is 1.69 bits per heavy atom. The van der Waals surface area contributed by atoms with Crippen molar-refractivity contribution in [3.8, 4) is 6.07 Å².